The topological polar surface area (TPSA) is 49.7 Å². The molecule has 27 heavy (non-hydrogen) atoms. The lowest BCUT2D eigenvalue weighted by Crippen LogP contribution is -2.34. The maximum Gasteiger partial charge on any atom is 0.165 e. The van der Waals surface area contributed by atoms with Crippen LogP contribution >= 0.6 is 0 Å². The van der Waals surface area contributed by atoms with Gasteiger partial charge in [-0.15, -0.1) is 0 Å². The highest BCUT2D eigenvalue weighted by Gasteiger charge is 2.37. The van der Waals surface area contributed by atoms with Gasteiger partial charge < -0.3 is 14.9 Å². The highest BCUT2D eigenvalue weighted by atomic mass is 19.1. The number of ether oxygens (including phenoxy) is 1. The van der Waals surface area contributed by atoms with E-state index < -0.39 is 11.9 Å². The number of hydrogen-bond acceptors (Lipinski definition) is 3. The molecule has 3 nitrogen and oxygen atoms in total. The minimum absolute atomic E-state index is 0.00311. The molecule has 4 atom stereocenters. The molecule has 0 radical (unpaired) electrons. The molecule has 1 aliphatic rings. The Morgan fingerprint density at radius 2 is 1.85 bits per heavy atom. The molecule has 5 heteroatoms. The van der Waals surface area contributed by atoms with Gasteiger partial charge in [-0.25, -0.2) is 8.78 Å². The van der Waals surface area contributed by atoms with Crippen molar-refractivity contribution in [2.45, 2.75) is 51.7 Å². The molecule has 2 aromatic rings. The Hall–Kier alpha value is -1.98. The van der Waals surface area contributed by atoms with Crippen LogP contribution in [0.15, 0.2) is 30.3 Å². The molecule has 1 saturated heterocycles. The van der Waals surface area contributed by atoms with Crippen LogP contribution in [0.2, 0.25) is 0 Å². The van der Waals surface area contributed by atoms with Crippen molar-refractivity contribution in [2.24, 2.45) is 5.92 Å². The number of hydrogen-bond donors (Lipinski definition) is 2. The predicted molar refractivity (Wildman–Crippen MR) is 99.8 cm³/mol. The average molecular weight is 376 g/mol. The third kappa shape index (κ3) is 3.99. The Bertz CT molecular complexity index is 821. The highest BCUT2D eigenvalue weighted by molar-refractivity contribution is 5.36. The standard InChI is InChI=1S/C22H26F2O3/c1-12-8-18(14(3)19(23)9-12)22-17(6-5-16(11-25)27-22)13(2)15-4-7-21(26)20(24)10-15/h4,7-10,13,16-17,22,25-26H,5-6,11H2,1-3H3/t13-,16?,17?,22?/m0/s1. The van der Waals surface area contributed by atoms with Gasteiger partial charge in [-0.2, -0.15) is 0 Å². The molecule has 1 aliphatic heterocycles. The van der Waals surface area contributed by atoms with Crippen LogP contribution in [0.3, 0.4) is 0 Å². The van der Waals surface area contributed by atoms with Crippen LogP contribution in [-0.2, 0) is 4.74 Å². The van der Waals surface area contributed by atoms with Crippen molar-refractivity contribution in [3.63, 3.8) is 0 Å². The lowest BCUT2D eigenvalue weighted by molar-refractivity contribution is -0.109. The number of phenols is 1. The van der Waals surface area contributed by atoms with Gasteiger partial charge in [0.1, 0.15) is 5.82 Å². The summed E-state index contributed by atoms with van der Waals surface area (Å²) in [7, 11) is 0. The molecular formula is C22H26F2O3. The molecule has 0 aromatic heterocycles. The molecule has 0 saturated carbocycles. The van der Waals surface area contributed by atoms with Crippen molar-refractivity contribution in [3.05, 3.63) is 64.2 Å². The number of aliphatic hydroxyl groups is 1. The lowest BCUT2D eigenvalue weighted by atomic mass is 9.75. The molecule has 0 spiro atoms. The van der Waals surface area contributed by atoms with E-state index in [1.807, 2.05) is 19.9 Å². The first-order chi connectivity index (χ1) is 12.8. The van der Waals surface area contributed by atoms with Crippen LogP contribution in [0, 0.1) is 31.4 Å². The Labute approximate surface area is 158 Å². The lowest BCUT2D eigenvalue weighted by Gasteiger charge is -2.40. The minimum atomic E-state index is -0.654. The summed E-state index contributed by atoms with van der Waals surface area (Å²) in [5, 5.41) is 19.0. The minimum Gasteiger partial charge on any atom is -0.505 e. The van der Waals surface area contributed by atoms with E-state index in [0.29, 0.717) is 12.0 Å². The van der Waals surface area contributed by atoms with E-state index >= 15 is 0 Å². The van der Waals surface area contributed by atoms with Gasteiger partial charge in [0, 0.05) is 0 Å². The first-order valence-electron chi connectivity index (χ1n) is 9.33. The average Bonchev–Trinajstić information content (AvgIpc) is 2.65. The van der Waals surface area contributed by atoms with E-state index in [9.17, 15) is 19.0 Å². The molecule has 2 aromatic carbocycles. The SMILES string of the molecule is Cc1cc(F)c(C)c(C2OC(CO)CCC2[C@@H](C)c2ccc(O)c(F)c2)c1. The number of aromatic hydroxyl groups is 1. The van der Waals surface area contributed by atoms with Crippen molar-refractivity contribution in [3.8, 4) is 5.75 Å². The molecule has 146 valence electrons. The third-order valence-electron chi connectivity index (χ3n) is 5.73. The van der Waals surface area contributed by atoms with Crippen molar-refractivity contribution in [1.29, 1.82) is 0 Å². The van der Waals surface area contributed by atoms with E-state index in [2.05, 4.69) is 0 Å². The van der Waals surface area contributed by atoms with Crippen LogP contribution < -0.4 is 0 Å². The normalized spacial score (nSPS) is 24.0. The summed E-state index contributed by atoms with van der Waals surface area (Å²) in [6, 6.07) is 7.84. The summed E-state index contributed by atoms with van der Waals surface area (Å²) in [6.07, 6.45) is 0.778. The molecular weight excluding hydrogens is 350 g/mol. The molecule has 2 N–H and O–H groups in total. The number of phenolic OH excluding ortho intramolecular Hbond substituents is 1. The number of halogens is 2. The second-order valence-corrected chi connectivity index (χ2v) is 7.56. The zero-order valence-electron chi connectivity index (χ0n) is 15.9. The van der Waals surface area contributed by atoms with Crippen molar-refractivity contribution >= 4 is 0 Å². The number of aryl methyl sites for hydroxylation is 1. The van der Waals surface area contributed by atoms with Gasteiger partial charge in [-0.3, -0.25) is 0 Å². The summed E-state index contributed by atoms with van der Waals surface area (Å²) in [5.41, 5.74) is 2.89. The summed E-state index contributed by atoms with van der Waals surface area (Å²) in [5.74, 6) is -1.37. The number of rotatable bonds is 4. The molecule has 0 aliphatic carbocycles. The first kappa shape index (κ1) is 19.8. The highest BCUT2D eigenvalue weighted by Crippen LogP contribution is 2.45. The molecule has 0 bridgehead atoms. The fraction of sp³-hybridized carbons (Fsp3) is 0.455. The van der Waals surface area contributed by atoms with Gasteiger partial charge >= 0.3 is 0 Å². The Balaban J connectivity index is 2.00. The van der Waals surface area contributed by atoms with Gasteiger partial charge in [0.05, 0.1) is 18.8 Å². The van der Waals surface area contributed by atoms with Crippen LogP contribution in [-0.4, -0.2) is 22.9 Å². The van der Waals surface area contributed by atoms with E-state index in [1.165, 1.54) is 18.2 Å². The summed E-state index contributed by atoms with van der Waals surface area (Å²) >= 11 is 0. The fourth-order valence-corrected chi connectivity index (χ4v) is 4.05. The number of aliphatic hydroxyl groups excluding tert-OH is 1. The van der Waals surface area contributed by atoms with Crippen molar-refractivity contribution in [2.75, 3.05) is 6.61 Å². The first-order valence-corrected chi connectivity index (χ1v) is 9.33. The quantitative estimate of drug-likeness (QED) is 0.796. The fourth-order valence-electron chi connectivity index (χ4n) is 4.05. The Morgan fingerprint density at radius 1 is 1.11 bits per heavy atom. The summed E-state index contributed by atoms with van der Waals surface area (Å²) < 4.78 is 34.4. The monoisotopic (exact) mass is 376 g/mol. The second kappa shape index (κ2) is 7.95. The van der Waals surface area contributed by atoms with Gasteiger partial charge in [0.25, 0.3) is 0 Å². The van der Waals surface area contributed by atoms with E-state index in [0.717, 1.165) is 23.1 Å². The van der Waals surface area contributed by atoms with Crippen LogP contribution in [0.4, 0.5) is 8.78 Å². The summed E-state index contributed by atoms with van der Waals surface area (Å²) in [4.78, 5) is 0. The van der Waals surface area contributed by atoms with Crippen molar-refractivity contribution < 1.29 is 23.7 Å². The largest absolute Gasteiger partial charge is 0.505 e. The van der Waals surface area contributed by atoms with E-state index in [-0.39, 0.29) is 36.1 Å². The van der Waals surface area contributed by atoms with Gasteiger partial charge in [-0.1, -0.05) is 19.1 Å². The maximum atomic E-state index is 14.3. The maximum absolute atomic E-state index is 14.3. The van der Waals surface area contributed by atoms with Crippen LogP contribution in [0.1, 0.15) is 54.0 Å². The van der Waals surface area contributed by atoms with E-state index in [1.54, 1.807) is 13.0 Å². The Morgan fingerprint density at radius 3 is 2.52 bits per heavy atom. The zero-order valence-corrected chi connectivity index (χ0v) is 15.9. The molecule has 3 unspecified atom stereocenters. The smallest absolute Gasteiger partial charge is 0.165 e. The van der Waals surface area contributed by atoms with Crippen LogP contribution in [0.5, 0.6) is 5.75 Å². The Kier molecular flexibility index (Phi) is 5.82. The van der Waals surface area contributed by atoms with Crippen molar-refractivity contribution in [1.82, 2.24) is 0 Å². The zero-order chi connectivity index (χ0) is 19.7. The van der Waals surface area contributed by atoms with Gasteiger partial charge in [0.2, 0.25) is 0 Å². The molecule has 1 fully saturated rings. The number of benzene rings is 2. The third-order valence-corrected chi connectivity index (χ3v) is 5.73. The predicted octanol–water partition coefficient (Wildman–Crippen LogP) is 4.92. The van der Waals surface area contributed by atoms with Crippen LogP contribution in [0.25, 0.3) is 0 Å². The van der Waals surface area contributed by atoms with Gasteiger partial charge in [-0.05, 0) is 79.0 Å². The molecule has 3 rings (SSSR count). The van der Waals surface area contributed by atoms with E-state index in [4.69, 9.17) is 4.74 Å². The summed E-state index contributed by atoms with van der Waals surface area (Å²) in [6.45, 7) is 5.48. The molecule has 1 heterocycles. The van der Waals surface area contributed by atoms with Gasteiger partial charge in [0.15, 0.2) is 11.6 Å². The molecule has 0 amide bonds. The second-order valence-electron chi connectivity index (χ2n) is 7.56.